The Morgan fingerprint density at radius 2 is 1.78 bits per heavy atom. The van der Waals surface area contributed by atoms with E-state index >= 15 is 4.39 Å². The van der Waals surface area contributed by atoms with E-state index in [1.54, 1.807) is 27.7 Å². The molecule has 6 atom stereocenters. The van der Waals surface area contributed by atoms with Crippen LogP contribution in [0.1, 0.15) is 47.8 Å². The summed E-state index contributed by atoms with van der Waals surface area (Å²) in [7, 11) is -4.45. The topological polar surface area (TPSA) is 242 Å². The van der Waals surface area contributed by atoms with E-state index in [0.29, 0.717) is 0 Å². The van der Waals surface area contributed by atoms with Crippen LogP contribution in [0.5, 0.6) is 0 Å². The molecule has 2 unspecified atom stereocenters. The van der Waals surface area contributed by atoms with Crippen molar-refractivity contribution >= 4 is 25.4 Å². The Labute approximate surface area is 235 Å². The Morgan fingerprint density at radius 3 is 2.24 bits per heavy atom. The molecule has 0 bridgehead atoms. The van der Waals surface area contributed by atoms with E-state index < -0.39 is 86.8 Å². The van der Waals surface area contributed by atoms with E-state index in [0.717, 1.165) is 10.8 Å². The Kier molecular flexibility index (Phi) is 11.8. The largest absolute Gasteiger partial charge is 0.462 e. The standard InChI is InChI=1S/C22H36FN8O9P/c1-11(2)38-19(33)13(5)28-41(36,29-14(6)20(34)39-12(3)4)37-10-22(9-26-30-25)17(32)16(23)18(40-22)31-8-7-15(24)27-21(31)35/h7-8,11-14,16-18,32H,9-10H2,1-6H3,(H2,24,27,35)(H2,28,29,36)/t13?,14?,16-,17+,18-,22-,41?/m1/s1. The molecule has 0 aliphatic carbocycles. The van der Waals surface area contributed by atoms with Gasteiger partial charge in [0, 0.05) is 11.1 Å². The zero-order valence-electron chi connectivity index (χ0n) is 23.5. The average molecular weight is 607 g/mol. The summed E-state index contributed by atoms with van der Waals surface area (Å²) >= 11 is 0. The monoisotopic (exact) mass is 606 g/mol. The van der Waals surface area contributed by atoms with E-state index in [1.165, 1.54) is 19.9 Å². The van der Waals surface area contributed by atoms with Gasteiger partial charge in [0.05, 0.1) is 25.4 Å². The number of aliphatic hydroxyl groups is 1. The summed E-state index contributed by atoms with van der Waals surface area (Å²) in [5, 5.41) is 19.1. The number of azide groups is 1. The highest BCUT2D eigenvalue weighted by Gasteiger charge is 2.57. The number of nitrogen functional groups attached to an aromatic ring is 1. The molecule has 1 aliphatic rings. The fourth-order valence-corrected chi connectivity index (χ4v) is 5.55. The second-order valence-electron chi connectivity index (χ2n) is 9.89. The zero-order valence-corrected chi connectivity index (χ0v) is 24.4. The van der Waals surface area contributed by atoms with Crippen LogP contribution in [-0.4, -0.2) is 81.9 Å². The summed E-state index contributed by atoms with van der Waals surface area (Å²) in [6.45, 7) is 7.43. The number of nitrogens with zero attached hydrogens (tertiary/aromatic N) is 5. The molecule has 1 aliphatic heterocycles. The third-order valence-electron chi connectivity index (χ3n) is 5.62. The number of aliphatic hydroxyl groups excluding tert-OH is 1. The van der Waals surface area contributed by atoms with Crippen LogP contribution in [0.2, 0.25) is 0 Å². The number of nitrogens with one attached hydrogen (secondary N) is 2. The van der Waals surface area contributed by atoms with Gasteiger partial charge in [-0.2, -0.15) is 4.98 Å². The minimum Gasteiger partial charge on any atom is -0.462 e. The Morgan fingerprint density at radius 1 is 1.24 bits per heavy atom. The van der Waals surface area contributed by atoms with E-state index in [4.69, 9.17) is 30.0 Å². The van der Waals surface area contributed by atoms with Gasteiger partial charge in [0.1, 0.15) is 29.6 Å². The molecule has 2 heterocycles. The van der Waals surface area contributed by atoms with Crippen LogP contribution in [0.3, 0.4) is 0 Å². The van der Waals surface area contributed by atoms with Crippen molar-refractivity contribution in [2.75, 3.05) is 18.9 Å². The lowest BCUT2D eigenvalue weighted by Gasteiger charge is -2.33. The number of esters is 2. The smallest absolute Gasteiger partial charge is 0.351 e. The van der Waals surface area contributed by atoms with Crippen LogP contribution in [-0.2, 0) is 32.9 Å². The Hall–Kier alpha value is -3.11. The molecule has 17 nitrogen and oxygen atoms in total. The van der Waals surface area contributed by atoms with Crippen LogP contribution >= 0.6 is 7.67 Å². The number of hydrogen-bond acceptors (Lipinski definition) is 12. The van der Waals surface area contributed by atoms with Gasteiger partial charge in [-0.25, -0.2) is 19.4 Å². The van der Waals surface area contributed by atoms with Gasteiger partial charge in [0.25, 0.3) is 0 Å². The highest BCUT2D eigenvalue weighted by molar-refractivity contribution is 7.54. The fourth-order valence-electron chi connectivity index (χ4n) is 3.69. The summed E-state index contributed by atoms with van der Waals surface area (Å²) in [5.41, 5.74) is 11.2. The molecular weight excluding hydrogens is 570 g/mol. The molecular formula is C22H36FN8O9P. The van der Waals surface area contributed by atoms with E-state index in [1.807, 2.05) is 0 Å². The molecule has 41 heavy (non-hydrogen) atoms. The van der Waals surface area contributed by atoms with Crippen molar-refractivity contribution in [3.05, 3.63) is 33.2 Å². The lowest BCUT2D eigenvalue weighted by Crippen LogP contribution is -2.50. The molecule has 1 saturated heterocycles. The van der Waals surface area contributed by atoms with Crippen LogP contribution in [0, 0.1) is 0 Å². The van der Waals surface area contributed by atoms with Gasteiger partial charge < -0.3 is 29.6 Å². The first kappa shape index (κ1) is 34.1. The average Bonchev–Trinajstić information content (AvgIpc) is 3.11. The second-order valence-corrected chi connectivity index (χ2v) is 11.8. The molecule has 1 fully saturated rings. The highest BCUT2D eigenvalue weighted by atomic mass is 31.2. The lowest BCUT2D eigenvalue weighted by atomic mass is 9.97. The quantitative estimate of drug-likeness (QED) is 0.0763. The fraction of sp³-hybridized carbons (Fsp3) is 0.727. The summed E-state index contributed by atoms with van der Waals surface area (Å²) in [5.74, 6) is -1.75. The molecule has 1 aromatic heterocycles. The van der Waals surface area contributed by atoms with Gasteiger partial charge in [0.15, 0.2) is 12.4 Å². The molecule has 19 heteroatoms. The molecule has 5 N–H and O–H groups in total. The number of carbonyl (C=O) groups is 2. The number of nitrogens with two attached hydrogens (primary N) is 1. The normalized spacial score (nSPS) is 25.3. The molecule has 0 amide bonds. The molecule has 0 radical (unpaired) electrons. The van der Waals surface area contributed by atoms with Crippen molar-refractivity contribution in [1.29, 1.82) is 0 Å². The van der Waals surface area contributed by atoms with Crippen molar-refractivity contribution in [3.63, 3.8) is 0 Å². The van der Waals surface area contributed by atoms with Crippen LogP contribution in [0.4, 0.5) is 10.2 Å². The first-order chi connectivity index (χ1) is 19.0. The second kappa shape index (κ2) is 14.2. The lowest BCUT2D eigenvalue weighted by molar-refractivity contribution is -0.149. The Bertz CT molecular complexity index is 1210. The molecule has 230 valence electrons. The van der Waals surface area contributed by atoms with Crippen molar-refractivity contribution in [2.24, 2.45) is 5.11 Å². The van der Waals surface area contributed by atoms with Gasteiger partial charge >= 0.3 is 25.3 Å². The minimum absolute atomic E-state index is 0.141. The van der Waals surface area contributed by atoms with Crippen molar-refractivity contribution in [2.45, 2.75) is 89.9 Å². The molecule has 0 saturated carbocycles. The van der Waals surface area contributed by atoms with Crippen LogP contribution in [0.15, 0.2) is 22.2 Å². The number of carbonyl (C=O) groups excluding carboxylic acids is 2. The number of halogens is 1. The van der Waals surface area contributed by atoms with Gasteiger partial charge in [0.2, 0.25) is 0 Å². The molecule has 1 aromatic rings. The summed E-state index contributed by atoms with van der Waals surface area (Å²) in [6, 6.07) is -1.29. The number of aromatic nitrogens is 2. The van der Waals surface area contributed by atoms with Gasteiger partial charge in [-0.15, -0.1) is 0 Å². The SMILES string of the molecule is CC(C)OC(=O)C(C)NP(=O)(NC(C)C(=O)OC(C)C)OC[C@@]1(CN=[N+]=[N-])O[C@@H](n2ccc(N)nc2=O)[C@H](F)[C@@H]1O. The van der Waals surface area contributed by atoms with Gasteiger partial charge in [-0.3, -0.25) is 18.7 Å². The van der Waals surface area contributed by atoms with E-state index in [2.05, 4.69) is 25.2 Å². The predicted octanol–water partition coefficient (Wildman–Crippen LogP) is 1.09. The first-order valence-corrected chi connectivity index (χ1v) is 14.2. The van der Waals surface area contributed by atoms with E-state index in [9.17, 15) is 24.1 Å². The van der Waals surface area contributed by atoms with Gasteiger partial charge in [-0.05, 0) is 53.1 Å². The summed E-state index contributed by atoms with van der Waals surface area (Å²) in [6.07, 6.45) is -6.00. The summed E-state index contributed by atoms with van der Waals surface area (Å²) in [4.78, 5) is 43.3. The Balaban J connectivity index is 2.42. The first-order valence-electron chi connectivity index (χ1n) is 12.6. The molecule has 0 spiro atoms. The molecule has 0 aromatic carbocycles. The van der Waals surface area contributed by atoms with Crippen molar-refractivity contribution in [1.82, 2.24) is 19.7 Å². The number of ether oxygens (including phenoxy) is 3. The maximum absolute atomic E-state index is 15.4. The predicted molar refractivity (Wildman–Crippen MR) is 142 cm³/mol. The van der Waals surface area contributed by atoms with Gasteiger partial charge in [-0.1, -0.05) is 5.11 Å². The zero-order chi connectivity index (χ0) is 31.1. The van der Waals surface area contributed by atoms with E-state index in [-0.39, 0.29) is 5.82 Å². The number of anilines is 1. The number of rotatable bonds is 14. The highest BCUT2D eigenvalue weighted by Crippen LogP contribution is 2.45. The van der Waals surface area contributed by atoms with Crippen molar-refractivity contribution in [3.8, 4) is 0 Å². The summed E-state index contributed by atoms with van der Waals surface area (Å²) < 4.78 is 51.5. The minimum atomic E-state index is -4.45. The van der Waals surface area contributed by atoms with Crippen molar-refractivity contribution < 1.29 is 42.4 Å². The maximum atomic E-state index is 15.4. The number of hydrogen-bond donors (Lipinski definition) is 4. The maximum Gasteiger partial charge on any atom is 0.351 e. The van der Waals surface area contributed by atoms with Crippen LogP contribution in [0.25, 0.3) is 10.4 Å². The number of alkyl halides is 1. The third-order valence-corrected chi connectivity index (χ3v) is 7.57. The molecule has 2 rings (SSSR count). The van der Waals surface area contributed by atoms with Crippen LogP contribution < -0.4 is 21.6 Å². The third kappa shape index (κ3) is 8.94.